The van der Waals surface area contributed by atoms with Crippen molar-refractivity contribution in [1.82, 2.24) is 4.72 Å². The van der Waals surface area contributed by atoms with Crippen LogP contribution in [0.5, 0.6) is 5.75 Å². The predicted octanol–water partition coefficient (Wildman–Crippen LogP) is 1.95. The van der Waals surface area contributed by atoms with Gasteiger partial charge >= 0.3 is 5.97 Å². The highest BCUT2D eigenvalue weighted by atomic mass is 32.2. The largest absolute Gasteiger partial charge is 0.479 e. The van der Waals surface area contributed by atoms with Crippen LogP contribution in [-0.2, 0) is 21.2 Å². The maximum Gasteiger partial charge on any atom is 0.341 e. The number of hydrogen-bond donors (Lipinski definition) is 2. The van der Waals surface area contributed by atoms with Crippen LogP contribution in [0, 0.1) is 11.6 Å². The molecule has 2 aromatic carbocycles. The first kappa shape index (κ1) is 18.8. The van der Waals surface area contributed by atoms with E-state index >= 15 is 0 Å². The molecule has 0 saturated heterocycles. The Morgan fingerprint density at radius 1 is 1.16 bits per heavy atom. The van der Waals surface area contributed by atoms with E-state index in [9.17, 15) is 22.0 Å². The maximum absolute atomic E-state index is 13.8. The Bertz CT molecular complexity index is 871. The lowest BCUT2D eigenvalue weighted by Crippen LogP contribution is -2.26. The van der Waals surface area contributed by atoms with Crippen molar-refractivity contribution in [2.45, 2.75) is 11.3 Å². The van der Waals surface area contributed by atoms with E-state index in [1.165, 1.54) is 18.2 Å². The maximum atomic E-state index is 13.8. The van der Waals surface area contributed by atoms with Crippen molar-refractivity contribution < 1.29 is 31.8 Å². The first-order valence-corrected chi connectivity index (χ1v) is 8.64. The molecule has 25 heavy (non-hydrogen) atoms. The summed E-state index contributed by atoms with van der Waals surface area (Å²) in [6.07, 6.45) is 0.263. The molecule has 0 spiro atoms. The van der Waals surface area contributed by atoms with Gasteiger partial charge in [0.1, 0.15) is 5.82 Å². The normalized spacial score (nSPS) is 11.3. The molecule has 9 heteroatoms. The first-order chi connectivity index (χ1) is 11.8. The van der Waals surface area contributed by atoms with Crippen molar-refractivity contribution in [3.8, 4) is 5.75 Å². The van der Waals surface area contributed by atoms with Gasteiger partial charge in [0.25, 0.3) is 0 Å². The minimum atomic E-state index is -3.97. The summed E-state index contributed by atoms with van der Waals surface area (Å²) in [6.45, 7) is -0.737. The summed E-state index contributed by atoms with van der Waals surface area (Å²) < 4.78 is 58.1. The number of carboxylic acid groups (broad SMARTS) is 1. The molecule has 0 aliphatic heterocycles. The summed E-state index contributed by atoms with van der Waals surface area (Å²) in [5.41, 5.74) is 0.617. The van der Waals surface area contributed by atoms with Gasteiger partial charge in [-0.2, -0.15) is 0 Å². The summed E-state index contributed by atoms with van der Waals surface area (Å²) in [6, 6.07) is 8.63. The van der Waals surface area contributed by atoms with Gasteiger partial charge in [-0.3, -0.25) is 0 Å². The Kier molecular flexibility index (Phi) is 6.05. The van der Waals surface area contributed by atoms with Gasteiger partial charge in [0.05, 0.1) is 4.90 Å². The number of carbonyl (C=O) groups is 1. The molecule has 0 radical (unpaired) electrons. The molecular formula is C16H15F2NO5S. The monoisotopic (exact) mass is 371 g/mol. The summed E-state index contributed by atoms with van der Waals surface area (Å²) in [5, 5.41) is 8.48. The second-order valence-electron chi connectivity index (χ2n) is 5.05. The van der Waals surface area contributed by atoms with Crippen LogP contribution in [0.3, 0.4) is 0 Å². The highest BCUT2D eigenvalue weighted by Crippen LogP contribution is 2.21. The van der Waals surface area contributed by atoms with Gasteiger partial charge in [-0.15, -0.1) is 0 Å². The fourth-order valence-corrected chi connectivity index (χ4v) is 3.05. The SMILES string of the molecule is O=C(O)COc1ccc(S(=O)(=O)NCCc2cccc(F)c2)cc1F. The predicted molar refractivity (Wildman–Crippen MR) is 84.8 cm³/mol. The van der Waals surface area contributed by atoms with E-state index < -0.39 is 34.2 Å². The van der Waals surface area contributed by atoms with Crippen LogP contribution in [0.2, 0.25) is 0 Å². The summed E-state index contributed by atoms with van der Waals surface area (Å²) in [5.74, 6) is -3.05. The summed E-state index contributed by atoms with van der Waals surface area (Å²) in [4.78, 5) is 10.1. The van der Waals surface area contributed by atoms with E-state index in [1.807, 2.05) is 0 Å². The zero-order chi connectivity index (χ0) is 18.4. The van der Waals surface area contributed by atoms with Crippen molar-refractivity contribution in [3.63, 3.8) is 0 Å². The molecule has 2 rings (SSSR count). The third-order valence-corrected chi connectivity index (χ3v) is 4.62. The van der Waals surface area contributed by atoms with Crippen LogP contribution in [0.4, 0.5) is 8.78 Å². The van der Waals surface area contributed by atoms with E-state index in [1.54, 1.807) is 6.07 Å². The molecule has 0 fully saturated rings. The molecule has 0 unspecified atom stereocenters. The number of halogens is 2. The van der Waals surface area contributed by atoms with E-state index in [2.05, 4.69) is 4.72 Å². The Labute approximate surface area is 143 Å². The van der Waals surface area contributed by atoms with Crippen LogP contribution in [-0.4, -0.2) is 32.6 Å². The van der Waals surface area contributed by atoms with Crippen LogP contribution < -0.4 is 9.46 Å². The van der Waals surface area contributed by atoms with Crippen molar-refractivity contribution in [3.05, 3.63) is 59.7 Å². The fourth-order valence-electron chi connectivity index (χ4n) is 2.01. The minimum Gasteiger partial charge on any atom is -0.479 e. The molecule has 0 aliphatic carbocycles. The molecular weight excluding hydrogens is 356 g/mol. The molecule has 0 saturated carbocycles. The highest BCUT2D eigenvalue weighted by Gasteiger charge is 2.17. The van der Waals surface area contributed by atoms with Crippen LogP contribution in [0.25, 0.3) is 0 Å². The average molecular weight is 371 g/mol. The van der Waals surface area contributed by atoms with Crippen molar-refractivity contribution in [2.75, 3.05) is 13.2 Å². The zero-order valence-electron chi connectivity index (χ0n) is 12.9. The lowest BCUT2D eigenvalue weighted by atomic mass is 10.1. The third kappa shape index (κ3) is 5.50. The minimum absolute atomic E-state index is 0.00463. The summed E-state index contributed by atoms with van der Waals surface area (Å²) >= 11 is 0. The van der Waals surface area contributed by atoms with E-state index in [0.717, 1.165) is 18.2 Å². The van der Waals surface area contributed by atoms with Crippen molar-refractivity contribution >= 4 is 16.0 Å². The lowest BCUT2D eigenvalue weighted by molar-refractivity contribution is -0.139. The van der Waals surface area contributed by atoms with Gasteiger partial charge in [-0.05, 0) is 42.3 Å². The smallest absolute Gasteiger partial charge is 0.341 e. The Morgan fingerprint density at radius 2 is 1.92 bits per heavy atom. The number of carboxylic acids is 1. The molecule has 0 atom stereocenters. The van der Waals surface area contributed by atoms with Crippen LogP contribution in [0.1, 0.15) is 5.56 Å². The van der Waals surface area contributed by atoms with E-state index in [0.29, 0.717) is 5.56 Å². The number of sulfonamides is 1. The topological polar surface area (TPSA) is 92.7 Å². The summed E-state index contributed by atoms with van der Waals surface area (Å²) in [7, 11) is -3.97. The number of hydrogen-bond acceptors (Lipinski definition) is 4. The van der Waals surface area contributed by atoms with Gasteiger partial charge < -0.3 is 9.84 Å². The fraction of sp³-hybridized carbons (Fsp3) is 0.188. The Morgan fingerprint density at radius 3 is 2.56 bits per heavy atom. The second-order valence-corrected chi connectivity index (χ2v) is 6.82. The second kappa shape index (κ2) is 8.04. The molecule has 0 aliphatic rings. The highest BCUT2D eigenvalue weighted by molar-refractivity contribution is 7.89. The Balaban J connectivity index is 2.01. The number of nitrogens with one attached hydrogen (secondary N) is 1. The van der Waals surface area contributed by atoms with Crippen LogP contribution >= 0.6 is 0 Å². The molecule has 0 bridgehead atoms. The molecule has 6 nitrogen and oxygen atoms in total. The van der Waals surface area contributed by atoms with Gasteiger partial charge in [-0.25, -0.2) is 26.7 Å². The molecule has 0 heterocycles. The van der Waals surface area contributed by atoms with E-state index in [-0.39, 0.29) is 23.6 Å². The van der Waals surface area contributed by atoms with Gasteiger partial charge in [0, 0.05) is 6.54 Å². The third-order valence-electron chi connectivity index (χ3n) is 3.16. The van der Waals surface area contributed by atoms with E-state index in [4.69, 9.17) is 9.84 Å². The number of rotatable bonds is 8. The molecule has 0 amide bonds. The van der Waals surface area contributed by atoms with Crippen LogP contribution in [0.15, 0.2) is 47.4 Å². The first-order valence-electron chi connectivity index (χ1n) is 7.16. The standard InChI is InChI=1S/C16H15F2NO5S/c17-12-3-1-2-11(8-12)6-7-19-25(22,23)13-4-5-15(14(18)9-13)24-10-16(20)21/h1-5,8-9,19H,6-7,10H2,(H,20,21). The Hall–Kier alpha value is -2.52. The molecule has 2 N–H and O–H groups in total. The number of aliphatic carboxylic acids is 1. The quantitative estimate of drug-likeness (QED) is 0.740. The van der Waals surface area contributed by atoms with Gasteiger partial charge in [0.15, 0.2) is 18.2 Å². The number of ether oxygens (including phenoxy) is 1. The van der Waals surface area contributed by atoms with Gasteiger partial charge in [-0.1, -0.05) is 12.1 Å². The zero-order valence-corrected chi connectivity index (χ0v) is 13.7. The van der Waals surface area contributed by atoms with Gasteiger partial charge in [0.2, 0.25) is 10.0 Å². The molecule has 134 valence electrons. The molecule has 0 aromatic heterocycles. The number of benzene rings is 2. The molecule has 2 aromatic rings. The lowest BCUT2D eigenvalue weighted by Gasteiger charge is -2.09. The average Bonchev–Trinajstić information content (AvgIpc) is 2.53. The van der Waals surface area contributed by atoms with Crippen molar-refractivity contribution in [1.29, 1.82) is 0 Å². The van der Waals surface area contributed by atoms with Crippen molar-refractivity contribution in [2.24, 2.45) is 0 Å².